The molecule has 0 aliphatic carbocycles. The summed E-state index contributed by atoms with van der Waals surface area (Å²) in [5, 5.41) is 3.37. The summed E-state index contributed by atoms with van der Waals surface area (Å²) in [6.07, 6.45) is 1.80. The molecule has 3 nitrogen and oxygen atoms in total. The fourth-order valence-electron chi connectivity index (χ4n) is 2.04. The minimum absolute atomic E-state index is 0.199. The molecule has 0 fully saturated rings. The lowest BCUT2D eigenvalue weighted by Crippen LogP contribution is -2.11. The predicted molar refractivity (Wildman–Crippen MR) is 87.9 cm³/mol. The van der Waals surface area contributed by atoms with Gasteiger partial charge in [0, 0.05) is 12.6 Å². The summed E-state index contributed by atoms with van der Waals surface area (Å²) in [4.78, 5) is 4.24. The van der Waals surface area contributed by atoms with Gasteiger partial charge in [0.15, 0.2) is 0 Å². The topological polar surface area (TPSA) is 34.1 Å². The van der Waals surface area contributed by atoms with Crippen molar-refractivity contribution in [1.82, 2.24) is 4.98 Å². The summed E-state index contributed by atoms with van der Waals surface area (Å²) in [6.45, 7) is 10.1. The quantitative estimate of drug-likeness (QED) is 0.884. The average Bonchev–Trinajstić information content (AvgIpc) is 2.46. The smallest absolute Gasteiger partial charge is 0.213 e. The minimum Gasteiger partial charge on any atom is -0.478 e. The largest absolute Gasteiger partial charge is 0.478 e. The summed E-state index contributed by atoms with van der Waals surface area (Å²) in [5.74, 6) is 0.664. The van der Waals surface area contributed by atoms with Crippen LogP contribution in [0.3, 0.4) is 0 Å². The lowest BCUT2D eigenvalue weighted by atomic mass is 9.87. The van der Waals surface area contributed by atoms with E-state index in [0.29, 0.717) is 12.5 Å². The number of nitrogens with zero attached hydrogens (tertiary/aromatic N) is 1. The van der Waals surface area contributed by atoms with Crippen molar-refractivity contribution in [2.24, 2.45) is 0 Å². The van der Waals surface area contributed by atoms with Crippen LogP contribution in [0.2, 0.25) is 0 Å². The van der Waals surface area contributed by atoms with Gasteiger partial charge in [-0.1, -0.05) is 45.0 Å². The van der Waals surface area contributed by atoms with Crippen LogP contribution in [0.15, 0.2) is 42.6 Å². The zero-order chi connectivity index (χ0) is 15.3. The van der Waals surface area contributed by atoms with Gasteiger partial charge in [-0.25, -0.2) is 4.98 Å². The van der Waals surface area contributed by atoms with Crippen molar-refractivity contribution in [3.63, 3.8) is 0 Å². The molecule has 1 aromatic heterocycles. The molecule has 0 saturated heterocycles. The van der Waals surface area contributed by atoms with E-state index in [1.165, 1.54) is 11.1 Å². The first-order valence-corrected chi connectivity index (χ1v) is 7.41. The molecule has 21 heavy (non-hydrogen) atoms. The van der Waals surface area contributed by atoms with Crippen molar-refractivity contribution in [2.45, 2.75) is 39.7 Å². The molecule has 0 saturated carbocycles. The molecule has 1 aromatic carbocycles. The van der Waals surface area contributed by atoms with Crippen LogP contribution >= 0.6 is 0 Å². The second kappa shape index (κ2) is 6.61. The third kappa shape index (κ3) is 4.48. The Morgan fingerprint density at radius 3 is 2.29 bits per heavy atom. The Balaban J connectivity index is 1.93. The van der Waals surface area contributed by atoms with Crippen LogP contribution in [0, 0.1) is 0 Å². The molecular weight excluding hydrogens is 260 g/mol. The fraction of sp³-hybridized carbons (Fsp3) is 0.389. The van der Waals surface area contributed by atoms with Crippen LogP contribution in [0.4, 0.5) is 5.69 Å². The molecule has 0 bridgehead atoms. The van der Waals surface area contributed by atoms with Gasteiger partial charge < -0.3 is 10.1 Å². The van der Waals surface area contributed by atoms with Gasteiger partial charge in [-0.15, -0.1) is 0 Å². The number of anilines is 1. The Hall–Kier alpha value is -2.03. The second-order valence-electron chi connectivity index (χ2n) is 6.12. The van der Waals surface area contributed by atoms with Gasteiger partial charge in [0.05, 0.1) is 18.5 Å². The Kier molecular flexibility index (Phi) is 4.84. The molecule has 0 amide bonds. The zero-order valence-corrected chi connectivity index (χ0v) is 13.3. The van der Waals surface area contributed by atoms with E-state index in [1.54, 1.807) is 6.20 Å². The second-order valence-corrected chi connectivity index (χ2v) is 6.12. The van der Waals surface area contributed by atoms with Crippen molar-refractivity contribution in [3.05, 3.63) is 53.7 Å². The predicted octanol–water partition coefficient (Wildman–Crippen LogP) is 4.39. The zero-order valence-electron chi connectivity index (χ0n) is 13.3. The molecule has 112 valence electrons. The molecule has 3 heteroatoms. The molecule has 0 aliphatic rings. The van der Waals surface area contributed by atoms with E-state index in [0.717, 1.165) is 12.2 Å². The molecule has 0 unspecified atom stereocenters. The number of hydrogen-bond donors (Lipinski definition) is 1. The molecule has 0 radical (unpaired) electrons. The minimum atomic E-state index is 0.199. The van der Waals surface area contributed by atoms with Crippen molar-refractivity contribution in [2.75, 3.05) is 11.9 Å². The van der Waals surface area contributed by atoms with Gasteiger partial charge >= 0.3 is 0 Å². The van der Waals surface area contributed by atoms with Crippen LogP contribution in [0.1, 0.15) is 38.8 Å². The summed E-state index contributed by atoms with van der Waals surface area (Å²) in [7, 11) is 0. The number of rotatable bonds is 5. The average molecular weight is 284 g/mol. The van der Waals surface area contributed by atoms with Crippen LogP contribution in [0.5, 0.6) is 5.88 Å². The molecule has 0 spiro atoms. The Morgan fingerprint density at radius 1 is 1.05 bits per heavy atom. The van der Waals surface area contributed by atoms with E-state index in [4.69, 9.17) is 4.74 Å². The SMILES string of the molecule is CCOc1ccc(NCc2ccc(C(C)(C)C)cc2)cn1. The van der Waals surface area contributed by atoms with Gasteiger partial charge in [-0.2, -0.15) is 0 Å². The first kappa shape index (κ1) is 15.4. The van der Waals surface area contributed by atoms with E-state index >= 15 is 0 Å². The third-order valence-corrected chi connectivity index (χ3v) is 3.35. The van der Waals surface area contributed by atoms with Gasteiger partial charge in [-0.3, -0.25) is 0 Å². The number of pyridine rings is 1. The maximum absolute atomic E-state index is 5.33. The van der Waals surface area contributed by atoms with Gasteiger partial charge in [0.2, 0.25) is 5.88 Å². The summed E-state index contributed by atoms with van der Waals surface area (Å²) >= 11 is 0. The summed E-state index contributed by atoms with van der Waals surface area (Å²) < 4.78 is 5.33. The van der Waals surface area contributed by atoms with E-state index < -0.39 is 0 Å². The van der Waals surface area contributed by atoms with E-state index in [-0.39, 0.29) is 5.41 Å². The first-order valence-electron chi connectivity index (χ1n) is 7.41. The van der Waals surface area contributed by atoms with Crippen LogP contribution in [-0.2, 0) is 12.0 Å². The van der Waals surface area contributed by atoms with E-state index in [2.05, 4.69) is 55.3 Å². The number of ether oxygens (including phenoxy) is 1. The molecule has 2 rings (SSSR count). The Bertz CT molecular complexity index is 553. The molecule has 1 N–H and O–H groups in total. The fourth-order valence-corrected chi connectivity index (χ4v) is 2.04. The van der Waals surface area contributed by atoms with Gasteiger partial charge in [0.1, 0.15) is 0 Å². The van der Waals surface area contributed by atoms with Crippen molar-refractivity contribution < 1.29 is 4.74 Å². The number of aromatic nitrogens is 1. The monoisotopic (exact) mass is 284 g/mol. The van der Waals surface area contributed by atoms with E-state index in [1.807, 2.05) is 19.1 Å². The van der Waals surface area contributed by atoms with Crippen LogP contribution in [-0.4, -0.2) is 11.6 Å². The number of hydrogen-bond acceptors (Lipinski definition) is 3. The Morgan fingerprint density at radius 2 is 1.76 bits per heavy atom. The van der Waals surface area contributed by atoms with Crippen molar-refractivity contribution in [1.29, 1.82) is 0 Å². The highest BCUT2D eigenvalue weighted by Gasteiger charge is 2.12. The maximum Gasteiger partial charge on any atom is 0.213 e. The summed E-state index contributed by atoms with van der Waals surface area (Å²) in [6, 6.07) is 12.6. The van der Waals surface area contributed by atoms with Crippen molar-refractivity contribution in [3.8, 4) is 5.88 Å². The third-order valence-electron chi connectivity index (χ3n) is 3.35. The van der Waals surface area contributed by atoms with Crippen LogP contribution in [0.25, 0.3) is 0 Å². The number of benzene rings is 1. The van der Waals surface area contributed by atoms with E-state index in [9.17, 15) is 0 Å². The van der Waals surface area contributed by atoms with Gasteiger partial charge in [0.25, 0.3) is 0 Å². The highest BCUT2D eigenvalue weighted by molar-refractivity contribution is 5.43. The molecule has 2 aromatic rings. The maximum atomic E-state index is 5.33. The Labute approximate surface area is 127 Å². The molecule has 1 heterocycles. The van der Waals surface area contributed by atoms with Crippen molar-refractivity contribution >= 4 is 5.69 Å². The molecule has 0 atom stereocenters. The van der Waals surface area contributed by atoms with Crippen LogP contribution < -0.4 is 10.1 Å². The first-order chi connectivity index (χ1) is 9.99. The summed E-state index contributed by atoms with van der Waals surface area (Å²) in [5.41, 5.74) is 3.81. The number of nitrogens with one attached hydrogen (secondary N) is 1. The lowest BCUT2D eigenvalue weighted by molar-refractivity contribution is 0.327. The molecular formula is C18H24N2O. The highest BCUT2D eigenvalue weighted by atomic mass is 16.5. The highest BCUT2D eigenvalue weighted by Crippen LogP contribution is 2.22. The van der Waals surface area contributed by atoms with Gasteiger partial charge in [-0.05, 0) is 29.5 Å². The molecule has 0 aliphatic heterocycles. The normalized spacial score (nSPS) is 11.2. The standard InChI is InChI=1S/C18H24N2O/c1-5-21-17-11-10-16(13-20-17)19-12-14-6-8-15(9-7-14)18(2,3)4/h6-11,13,19H,5,12H2,1-4H3. The lowest BCUT2D eigenvalue weighted by Gasteiger charge is -2.19.